The van der Waals surface area contributed by atoms with Gasteiger partial charge in [0.1, 0.15) is 11.5 Å². The van der Waals surface area contributed by atoms with Gasteiger partial charge in [0.25, 0.3) is 0 Å². The molecule has 3 aromatic rings. The van der Waals surface area contributed by atoms with Gasteiger partial charge in [-0.25, -0.2) is 0 Å². The molecule has 158 valence electrons. The van der Waals surface area contributed by atoms with Crippen LogP contribution in [-0.2, 0) is 6.54 Å². The fraction of sp³-hybridized carbons (Fsp3) is 0.400. The van der Waals surface area contributed by atoms with Gasteiger partial charge in [0.2, 0.25) is 0 Å². The zero-order valence-corrected chi connectivity index (χ0v) is 17.9. The first-order valence-electron chi connectivity index (χ1n) is 11.0. The molecule has 0 unspecified atom stereocenters. The number of anilines is 1. The number of hydrogen-bond acceptors (Lipinski definition) is 5. The molecule has 5 nitrogen and oxygen atoms in total. The normalized spacial score (nSPS) is 15.3. The van der Waals surface area contributed by atoms with E-state index >= 15 is 0 Å². The van der Waals surface area contributed by atoms with Crippen LogP contribution < -0.4 is 14.8 Å². The molecule has 30 heavy (non-hydrogen) atoms. The second-order valence-corrected chi connectivity index (χ2v) is 7.79. The van der Waals surface area contributed by atoms with E-state index in [0.717, 1.165) is 55.2 Å². The summed E-state index contributed by atoms with van der Waals surface area (Å²) in [5, 5.41) is 4.86. The highest BCUT2D eigenvalue weighted by Gasteiger charge is 2.20. The number of nitrogens with zero attached hydrogens (tertiary/aromatic N) is 2. The number of hydrogen-bond donors (Lipinski definition) is 1. The lowest BCUT2D eigenvalue weighted by Gasteiger charge is -2.33. The third-order valence-electron chi connectivity index (χ3n) is 5.52. The number of pyridine rings is 1. The Morgan fingerprint density at radius 3 is 2.37 bits per heavy atom. The highest BCUT2D eigenvalue weighted by molar-refractivity contribution is 5.81. The standard InChI is InChI=1S/C25H31N3O2/c1-3-29-23-13-19(14-24(16-23)30-4-2)18-28-11-9-21(10-12-28)27-22-15-20-7-5-6-8-25(20)26-17-22/h5-8,13-17,21,27H,3-4,9-12,18H2,1-2H3. The first kappa shape index (κ1) is 20.5. The van der Waals surface area contributed by atoms with E-state index in [4.69, 9.17) is 9.47 Å². The summed E-state index contributed by atoms with van der Waals surface area (Å²) in [5.74, 6) is 1.78. The molecule has 1 aliphatic heterocycles. The van der Waals surface area contributed by atoms with Crippen LogP contribution in [0.15, 0.2) is 54.7 Å². The molecule has 5 heteroatoms. The molecule has 0 radical (unpaired) electrons. The smallest absolute Gasteiger partial charge is 0.123 e. The van der Waals surface area contributed by atoms with Crippen molar-refractivity contribution in [2.45, 2.75) is 39.3 Å². The van der Waals surface area contributed by atoms with Crippen molar-refractivity contribution in [1.82, 2.24) is 9.88 Å². The average Bonchev–Trinajstić information content (AvgIpc) is 2.75. The second-order valence-electron chi connectivity index (χ2n) is 7.79. The number of para-hydroxylation sites is 1. The number of aromatic nitrogens is 1. The molecule has 1 aliphatic rings. The number of fused-ring (bicyclic) bond motifs is 1. The highest BCUT2D eigenvalue weighted by Crippen LogP contribution is 2.26. The van der Waals surface area contributed by atoms with Gasteiger partial charge in [-0.05, 0) is 56.5 Å². The number of benzene rings is 2. The summed E-state index contributed by atoms with van der Waals surface area (Å²) in [7, 11) is 0. The first-order chi connectivity index (χ1) is 14.7. The molecule has 0 spiro atoms. The lowest BCUT2D eigenvalue weighted by Crippen LogP contribution is -2.38. The van der Waals surface area contributed by atoms with E-state index < -0.39 is 0 Å². The minimum Gasteiger partial charge on any atom is -0.494 e. The molecule has 1 N–H and O–H groups in total. The third kappa shape index (κ3) is 5.22. The fourth-order valence-electron chi connectivity index (χ4n) is 4.10. The van der Waals surface area contributed by atoms with E-state index in [-0.39, 0.29) is 0 Å². The van der Waals surface area contributed by atoms with E-state index in [2.05, 4.69) is 51.6 Å². The summed E-state index contributed by atoms with van der Waals surface area (Å²) in [6, 6.07) is 17.2. The largest absolute Gasteiger partial charge is 0.494 e. The Balaban J connectivity index is 1.34. The van der Waals surface area contributed by atoms with Crippen LogP contribution in [0.1, 0.15) is 32.3 Å². The minimum absolute atomic E-state index is 0.484. The number of likely N-dealkylation sites (tertiary alicyclic amines) is 1. The fourth-order valence-corrected chi connectivity index (χ4v) is 4.10. The summed E-state index contributed by atoms with van der Waals surface area (Å²) in [5.41, 5.74) is 3.39. The second kappa shape index (κ2) is 9.81. The third-order valence-corrected chi connectivity index (χ3v) is 5.52. The zero-order valence-electron chi connectivity index (χ0n) is 17.9. The Morgan fingerprint density at radius 1 is 0.967 bits per heavy atom. The number of piperidine rings is 1. The Morgan fingerprint density at radius 2 is 1.67 bits per heavy atom. The summed E-state index contributed by atoms with van der Waals surface area (Å²) in [6.07, 6.45) is 4.19. The molecule has 4 rings (SSSR count). The molecule has 1 aromatic heterocycles. The topological polar surface area (TPSA) is 46.6 Å². The molecular weight excluding hydrogens is 374 g/mol. The Bertz CT molecular complexity index is 943. The average molecular weight is 406 g/mol. The minimum atomic E-state index is 0.484. The van der Waals surface area contributed by atoms with Gasteiger partial charge in [0.15, 0.2) is 0 Å². The number of ether oxygens (including phenoxy) is 2. The maximum atomic E-state index is 5.72. The van der Waals surface area contributed by atoms with Crippen LogP contribution >= 0.6 is 0 Å². The molecule has 1 saturated heterocycles. The number of nitrogens with one attached hydrogen (secondary N) is 1. The molecule has 0 amide bonds. The van der Waals surface area contributed by atoms with Crippen LogP contribution in [-0.4, -0.2) is 42.2 Å². The first-order valence-corrected chi connectivity index (χ1v) is 11.0. The van der Waals surface area contributed by atoms with Crippen molar-refractivity contribution in [2.24, 2.45) is 0 Å². The van der Waals surface area contributed by atoms with Crippen LogP contribution in [0.4, 0.5) is 5.69 Å². The predicted molar refractivity (Wildman–Crippen MR) is 122 cm³/mol. The van der Waals surface area contributed by atoms with Crippen molar-refractivity contribution in [3.05, 3.63) is 60.3 Å². The van der Waals surface area contributed by atoms with Gasteiger partial charge in [-0.2, -0.15) is 0 Å². The van der Waals surface area contributed by atoms with Gasteiger partial charge >= 0.3 is 0 Å². The summed E-state index contributed by atoms with van der Waals surface area (Å²) in [4.78, 5) is 7.08. The Labute approximate surface area is 179 Å². The summed E-state index contributed by atoms with van der Waals surface area (Å²) in [6.45, 7) is 8.41. The molecule has 0 atom stereocenters. The van der Waals surface area contributed by atoms with E-state index in [1.807, 2.05) is 32.2 Å². The molecular formula is C25H31N3O2. The number of rotatable bonds is 8. The van der Waals surface area contributed by atoms with Crippen molar-refractivity contribution < 1.29 is 9.47 Å². The van der Waals surface area contributed by atoms with Crippen molar-refractivity contribution in [1.29, 1.82) is 0 Å². The maximum absolute atomic E-state index is 5.72. The van der Waals surface area contributed by atoms with Crippen LogP contribution in [0.3, 0.4) is 0 Å². The zero-order chi connectivity index (χ0) is 20.8. The van der Waals surface area contributed by atoms with E-state index in [1.54, 1.807) is 0 Å². The van der Waals surface area contributed by atoms with Gasteiger partial charge in [-0.1, -0.05) is 18.2 Å². The van der Waals surface area contributed by atoms with E-state index in [9.17, 15) is 0 Å². The van der Waals surface area contributed by atoms with Crippen molar-refractivity contribution >= 4 is 16.6 Å². The highest BCUT2D eigenvalue weighted by atomic mass is 16.5. The quantitative estimate of drug-likeness (QED) is 0.564. The van der Waals surface area contributed by atoms with E-state index in [0.29, 0.717) is 19.3 Å². The molecule has 0 aliphatic carbocycles. The lowest BCUT2D eigenvalue weighted by molar-refractivity contribution is 0.210. The summed E-state index contributed by atoms with van der Waals surface area (Å²) < 4.78 is 11.4. The monoisotopic (exact) mass is 405 g/mol. The van der Waals surface area contributed by atoms with Gasteiger partial charge in [-0.15, -0.1) is 0 Å². The van der Waals surface area contributed by atoms with Crippen LogP contribution in [0.5, 0.6) is 11.5 Å². The van der Waals surface area contributed by atoms with Crippen molar-refractivity contribution in [3.8, 4) is 11.5 Å². The van der Waals surface area contributed by atoms with Crippen molar-refractivity contribution in [3.63, 3.8) is 0 Å². The Hall–Kier alpha value is -2.79. The van der Waals surface area contributed by atoms with Gasteiger partial charge in [0.05, 0.1) is 30.6 Å². The van der Waals surface area contributed by atoms with Crippen LogP contribution in [0.25, 0.3) is 10.9 Å². The van der Waals surface area contributed by atoms with Gasteiger partial charge in [-0.3, -0.25) is 9.88 Å². The molecule has 0 bridgehead atoms. The Kier molecular flexibility index (Phi) is 6.70. The molecule has 2 heterocycles. The van der Waals surface area contributed by atoms with E-state index in [1.165, 1.54) is 10.9 Å². The predicted octanol–water partition coefficient (Wildman–Crippen LogP) is 5.11. The lowest BCUT2D eigenvalue weighted by atomic mass is 10.0. The van der Waals surface area contributed by atoms with Gasteiger partial charge < -0.3 is 14.8 Å². The van der Waals surface area contributed by atoms with Crippen molar-refractivity contribution in [2.75, 3.05) is 31.6 Å². The van der Waals surface area contributed by atoms with Crippen LogP contribution in [0, 0.1) is 0 Å². The molecule has 0 saturated carbocycles. The molecule has 2 aromatic carbocycles. The van der Waals surface area contributed by atoms with Crippen LogP contribution in [0.2, 0.25) is 0 Å². The molecule has 1 fully saturated rings. The maximum Gasteiger partial charge on any atom is 0.123 e. The SMILES string of the molecule is CCOc1cc(CN2CCC(Nc3cnc4ccccc4c3)CC2)cc(OCC)c1. The summed E-state index contributed by atoms with van der Waals surface area (Å²) >= 11 is 0. The van der Waals surface area contributed by atoms with Gasteiger partial charge in [0, 0.05) is 37.1 Å².